The molecule has 3 heteroatoms. The van der Waals surface area contributed by atoms with Crippen LogP contribution >= 0.6 is 15.9 Å². The Bertz CT molecular complexity index is 323. The molecule has 0 saturated heterocycles. The topological polar surface area (TPSA) is 15.3 Å². The van der Waals surface area contributed by atoms with Crippen molar-refractivity contribution in [1.29, 1.82) is 0 Å². The zero-order valence-electron chi connectivity index (χ0n) is 10.5. The van der Waals surface area contributed by atoms with Gasteiger partial charge in [0.05, 0.1) is 0 Å². The molecule has 1 aromatic rings. The molecule has 1 unspecified atom stereocenters. The highest BCUT2D eigenvalue weighted by molar-refractivity contribution is 9.10. The van der Waals surface area contributed by atoms with Crippen molar-refractivity contribution in [3.05, 3.63) is 34.3 Å². The van der Waals surface area contributed by atoms with E-state index in [9.17, 15) is 0 Å². The second-order valence-electron chi connectivity index (χ2n) is 4.60. The van der Waals surface area contributed by atoms with E-state index in [-0.39, 0.29) is 0 Å². The number of nitrogens with zero attached hydrogens (tertiary/aromatic N) is 1. The molecule has 1 N–H and O–H groups in total. The Morgan fingerprint density at radius 3 is 2.50 bits per heavy atom. The third-order valence-corrected chi connectivity index (χ3v) is 3.07. The van der Waals surface area contributed by atoms with Crippen molar-refractivity contribution < 1.29 is 0 Å². The second-order valence-corrected chi connectivity index (χ2v) is 5.51. The summed E-state index contributed by atoms with van der Waals surface area (Å²) in [5.74, 6) is 0. The third kappa shape index (κ3) is 4.24. The molecule has 0 saturated carbocycles. The lowest BCUT2D eigenvalue weighted by atomic mass is 10.1. The van der Waals surface area contributed by atoms with Gasteiger partial charge in [0, 0.05) is 23.1 Å². The summed E-state index contributed by atoms with van der Waals surface area (Å²) in [6.45, 7) is 5.32. The first-order valence-electron chi connectivity index (χ1n) is 5.66. The van der Waals surface area contributed by atoms with Gasteiger partial charge in [-0.25, -0.2) is 0 Å². The standard InChI is InChI=1S/C13H21BrN2/c1-10(2)15-9-13(16(3)4)11-6-5-7-12(14)8-11/h5-8,10,13,15H,9H2,1-4H3. The molecule has 0 radical (unpaired) electrons. The van der Waals surface area contributed by atoms with Gasteiger partial charge in [0.15, 0.2) is 0 Å². The van der Waals surface area contributed by atoms with Gasteiger partial charge < -0.3 is 10.2 Å². The van der Waals surface area contributed by atoms with Gasteiger partial charge in [-0.05, 0) is 31.8 Å². The van der Waals surface area contributed by atoms with Crippen molar-refractivity contribution in [3.63, 3.8) is 0 Å². The molecule has 1 aromatic carbocycles. The Morgan fingerprint density at radius 1 is 1.31 bits per heavy atom. The van der Waals surface area contributed by atoms with E-state index in [4.69, 9.17) is 0 Å². The molecule has 0 fully saturated rings. The molecule has 0 amide bonds. The molecule has 16 heavy (non-hydrogen) atoms. The number of likely N-dealkylation sites (N-methyl/N-ethyl adjacent to an activating group) is 1. The van der Waals surface area contributed by atoms with Crippen molar-refractivity contribution in [2.24, 2.45) is 0 Å². The molecule has 0 aliphatic carbocycles. The van der Waals surface area contributed by atoms with Crippen LogP contribution in [0.15, 0.2) is 28.7 Å². The van der Waals surface area contributed by atoms with Crippen LogP contribution in [0.4, 0.5) is 0 Å². The van der Waals surface area contributed by atoms with Crippen LogP contribution in [0, 0.1) is 0 Å². The van der Waals surface area contributed by atoms with Crippen LogP contribution in [-0.2, 0) is 0 Å². The number of hydrogen-bond donors (Lipinski definition) is 1. The fourth-order valence-corrected chi connectivity index (χ4v) is 2.08. The van der Waals surface area contributed by atoms with Crippen LogP contribution < -0.4 is 5.32 Å². The minimum atomic E-state index is 0.417. The maximum Gasteiger partial charge on any atom is 0.0467 e. The Kier molecular flexibility index (Phi) is 5.46. The van der Waals surface area contributed by atoms with Gasteiger partial charge in [-0.15, -0.1) is 0 Å². The summed E-state index contributed by atoms with van der Waals surface area (Å²) < 4.78 is 1.14. The highest BCUT2D eigenvalue weighted by Crippen LogP contribution is 2.21. The van der Waals surface area contributed by atoms with E-state index >= 15 is 0 Å². The predicted octanol–water partition coefficient (Wildman–Crippen LogP) is 3.05. The quantitative estimate of drug-likeness (QED) is 0.894. The highest BCUT2D eigenvalue weighted by atomic mass is 79.9. The molecule has 0 spiro atoms. The fraction of sp³-hybridized carbons (Fsp3) is 0.538. The lowest BCUT2D eigenvalue weighted by Gasteiger charge is -2.26. The van der Waals surface area contributed by atoms with Crippen molar-refractivity contribution >= 4 is 15.9 Å². The number of nitrogens with one attached hydrogen (secondary N) is 1. The largest absolute Gasteiger partial charge is 0.313 e. The summed E-state index contributed by atoms with van der Waals surface area (Å²) >= 11 is 3.52. The van der Waals surface area contributed by atoms with Gasteiger partial charge in [-0.3, -0.25) is 0 Å². The number of rotatable bonds is 5. The van der Waals surface area contributed by atoms with Crippen LogP contribution in [0.3, 0.4) is 0 Å². The lowest BCUT2D eigenvalue weighted by Crippen LogP contribution is -2.34. The smallest absolute Gasteiger partial charge is 0.0467 e. The predicted molar refractivity (Wildman–Crippen MR) is 73.7 cm³/mol. The summed E-state index contributed by atoms with van der Waals surface area (Å²) in [4.78, 5) is 2.25. The molecule has 0 bridgehead atoms. The Labute approximate surface area is 107 Å². The first-order valence-corrected chi connectivity index (χ1v) is 6.45. The fourth-order valence-electron chi connectivity index (χ4n) is 1.66. The normalized spacial score (nSPS) is 13.4. The van der Waals surface area contributed by atoms with Gasteiger partial charge in [0.25, 0.3) is 0 Å². The third-order valence-electron chi connectivity index (χ3n) is 2.58. The van der Waals surface area contributed by atoms with Crippen LogP contribution in [0.25, 0.3) is 0 Å². The van der Waals surface area contributed by atoms with Gasteiger partial charge >= 0.3 is 0 Å². The van der Waals surface area contributed by atoms with Gasteiger partial charge in [-0.2, -0.15) is 0 Å². The minimum Gasteiger partial charge on any atom is -0.313 e. The Hall–Kier alpha value is -0.380. The van der Waals surface area contributed by atoms with E-state index in [0.29, 0.717) is 12.1 Å². The van der Waals surface area contributed by atoms with Crippen molar-refractivity contribution in [1.82, 2.24) is 10.2 Å². The maximum atomic E-state index is 3.52. The van der Waals surface area contributed by atoms with E-state index in [1.165, 1.54) is 5.56 Å². The van der Waals surface area contributed by atoms with E-state index in [1.807, 2.05) is 0 Å². The first-order chi connectivity index (χ1) is 7.50. The van der Waals surface area contributed by atoms with E-state index in [1.54, 1.807) is 0 Å². The number of hydrogen-bond acceptors (Lipinski definition) is 2. The van der Waals surface area contributed by atoms with Crippen molar-refractivity contribution in [3.8, 4) is 0 Å². The minimum absolute atomic E-state index is 0.417. The molecular formula is C13H21BrN2. The van der Waals surface area contributed by atoms with E-state index in [0.717, 1.165) is 11.0 Å². The molecule has 0 aliphatic heterocycles. The molecule has 0 aliphatic rings. The van der Waals surface area contributed by atoms with Crippen LogP contribution in [-0.4, -0.2) is 31.6 Å². The van der Waals surface area contributed by atoms with Gasteiger partial charge in [0.2, 0.25) is 0 Å². The zero-order valence-corrected chi connectivity index (χ0v) is 12.1. The van der Waals surface area contributed by atoms with Gasteiger partial charge in [0.1, 0.15) is 0 Å². The summed E-state index contributed by atoms with van der Waals surface area (Å²) in [6, 6.07) is 9.45. The molecule has 1 atom stereocenters. The Balaban J connectivity index is 2.77. The van der Waals surface area contributed by atoms with E-state index < -0.39 is 0 Å². The average Bonchev–Trinajstić information content (AvgIpc) is 2.17. The van der Waals surface area contributed by atoms with Crippen molar-refractivity contribution in [2.75, 3.05) is 20.6 Å². The molecule has 90 valence electrons. The lowest BCUT2D eigenvalue weighted by molar-refractivity contribution is 0.283. The number of benzene rings is 1. The second kappa shape index (κ2) is 6.38. The summed E-state index contributed by atoms with van der Waals surface area (Å²) in [5.41, 5.74) is 1.34. The van der Waals surface area contributed by atoms with Gasteiger partial charge in [-0.1, -0.05) is 41.9 Å². The first kappa shape index (κ1) is 13.7. The molecule has 0 aromatic heterocycles. The van der Waals surface area contributed by atoms with Crippen LogP contribution in [0.5, 0.6) is 0 Å². The van der Waals surface area contributed by atoms with Crippen LogP contribution in [0.1, 0.15) is 25.5 Å². The summed E-state index contributed by atoms with van der Waals surface area (Å²) in [5, 5.41) is 3.49. The summed E-state index contributed by atoms with van der Waals surface area (Å²) in [6.07, 6.45) is 0. The van der Waals surface area contributed by atoms with Crippen molar-refractivity contribution in [2.45, 2.75) is 25.9 Å². The molecule has 1 rings (SSSR count). The average molecular weight is 285 g/mol. The molecular weight excluding hydrogens is 264 g/mol. The SMILES string of the molecule is CC(C)NCC(c1cccc(Br)c1)N(C)C. The summed E-state index contributed by atoms with van der Waals surface area (Å²) in [7, 11) is 4.24. The Morgan fingerprint density at radius 2 is 2.00 bits per heavy atom. The highest BCUT2D eigenvalue weighted by Gasteiger charge is 2.14. The monoisotopic (exact) mass is 284 g/mol. The molecule has 0 heterocycles. The zero-order chi connectivity index (χ0) is 12.1. The maximum absolute atomic E-state index is 3.52. The van der Waals surface area contributed by atoms with Crippen LogP contribution in [0.2, 0.25) is 0 Å². The number of halogens is 1. The van der Waals surface area contributed by atoms with E-state index in [2.05, 4.69) is 78.4 Å². The molecule has 2 nitrogen and oxygen atoms in total.